The lowest BCUT2D eigenvalue weighted by Crippen LogP contribution is -2.42. The number of hydrogen-bond donors (Lipinski definition) is 1. The second-order valence-electron chi connectivity index (χ2n) is 6.64. The number of rotatable bonds is 6. The highest BCUT2D eigenvalue weighted by Crippen LogP contribution is 2.20. The molecule has 1 heterocycles. The highest BCUT2D eigenvalue weighted by Gasteiger charge is 2.25. The minimum atomic E-state index is -3.57. The van der Waals surface area contributed by atoms with Crippen LogP contribution >= 0.6 is 0 Å². The third-order valence-electron chi connectivity index (χ3n) is 4.75. The number of ether oxygens (including phenoxy) is 2. The van der Waals surface area contributed by atoms with E-state index in [4.69, 9.17) is 9.47 Å². The summed E-state index contributed by atoms with van der Waals surface area (Å²) >= 11 is 0. The number of sulfonamides is 1. The van der Waals surface area contributed by atoms with Crippen LogP contribution in [0, 0.1) is 5.92 Å². The fourth-order valence-corrected chi connectivity index (χ4v) is 4.16. The van der Waals surface area contributed by atoms with Crippen molar-refractivity contribution in [3.05, 3.63) is 54.6 Å². The van der Waals surface area contributed by atoms with E-state index in [1.165, 1.54) is 19.2 Å². The maximum atomic E-state index is 12.4. The van der Waals surface area contributed by atoms with E-state index in [0.29, 0.717) is 31.1 Å². The highest BCUT2D eigenvalue weighted by molar-refractivity contribution is 7.89. The van der Waals surface area contributed by atoms with Gasteiger partial charge < -0.3 is 14.4 Å². The van der Waals surface area contributed by atoms with Gasteiger partial charge in [0.05, 0.1) is 12.0 Å². The largest absolute Gasteiger partial charge is 0.497 e. The summed E-state index contributed by atoms with van der Waals surface area (Å²) in [5.41, 5.74) is 0. The number of nitrogens with one attached hydrogen (secondary N) is 1. The Balaban J connectivity index is 1.46. The van der Waals surface area contributed by atoms with E-state index in [1.807, 2.05) is 18.2 Å². The van der Waals surface area contributed by atoms with Gasteiger partial charge in [0.25, 0.3) is 0 Å². The van der Waals surface area contributed by atoms with Gasteiger partial charge in [-0.15, -0.1) is 0 Å². The lowest BCUT2D eigenvalue weighted by molar-refractivity contribution is 0.131. The minimum Gasteiger partial charge on any atom is -0.497 e. The molecule has 8 heteroatoms. The Morgan fingerprint density at radius 3 is 2.29 bits per heavy atom. The Labute approximate surface area is 165 Å². The molecule has 0 unspecified atom stereocenters. The van der Waals surface area contributed by atoms with Gasteiger partial charge in [0.2, 0.25) is 10.0 Å². The van der Waals surface area contributed by atoms with Crippen molar-refractivity contribution in [2.45, 2.75) is 17.7 Å². The third kappa shape index (κ3) is 5.24. The predicted octanol–water partition coefficient (Wildman–Crippen LogP) is 2.88. The van der Waals surface area contributed by atoms with Crippen LogP contribution in [0.3, 0.4) is 0 Å². The van der Waals surface area contributed by atoms with E-state index < -0.39 is 10.0 Å². The first-order valence-corrected chi connectivity index (χ1v) is 10.6. The lowest BCUT2D eigenvalue weighted by atomic mass is 9.97. The van der Waals surface area contributed by atoms with E-state index in [1.54, 1.807) is 29.2 Å². The average Bonchev–Trinajstić information content (AvgIpc) is 2.73. The number of amides is 1. The van der Waals surface area contributed by atoms with Crippen LogP contribution in [0.1, 0.15) is 12.8 Å². The van der Waals surface area contributed by atoms with Gasteiger partial charge in [-0.25, -0.2) is 17.9 Å². The van der Waals surface area contributed by atoms with Gasteiger partial charge in [-0.05, 0) is 55.2 Å². The first-order valence-electron chi connectivity index (χ1n) is 9.13. The van der Waals surface area contributed by atoms with Crippen LogP contribution in [0.15, 0.2) is 59.5 Å². The molecule has 0 spiro atoms. The Morgan fingerprint density at radius 1 is 1.04 bits per heavy atom. The fraction of sp³-hybridized carbons (Fsp3) is 0.350. The number of carbonyl (C=O) groups excluding carboxylic acids is 1. The van der Waals surface area contributed by atoms with Crippen LogP contribution < -0.4 is 14.2 Å². The van der Waals surface area contributed by atoms with Crippen LogP contribution in [0.25, 0.3) is 0 Å². The number of piperidine rings is 1. The molecular formula is C20H24N2O5S. The van der Waals surface area contributed by atoms with Crippen LogP contribution in [0.2, 0.25) is 0 Å². The molecule has 2 aromatic rings. The van der Waals surface area contributed by atoms with Crippen molar-refractivity contribution in [2.24, 2.45) is 5.92 Å². The molecule has 2 aromatic carbocycles. The standard InChI is InChI=1S/C20H24N2O5S/c1-26-17-7-9-19(10-8-17)28(24,25)21-15-16-11-13-22(14-12-16)20(23)27-18-5-3-2-4-6-18/h2-10,16,21H,11-15H2,1H3. The summed E-state index contributed by atoms with van der Waals surface area (Å²) in [5, 5.41) is 0. The van der Waals surface area contributed by atoms with Crippen molar-refractivity contribution in [2.75, 3.05) is 26.7 Å². The number of carbonyl (C=O) groups is 1. The van der Waals surface area contributed by atoms with E-state index in [9.17, 15) is 13.2 Å². The van der Waals surface area contributed by atoms with Gasteiger partial charge in [0.15, 0.2) is 0 Å². The number of hydrogen-bond acceptors (Lipinski definition) is 5. The van der Waals surface area contributed by atoms with Gasteiger partial charge in [0.1, 0.15) is 11.5 Å². The van der Waals surface area contributed by atoms with Crippen molar-refractivity contribution >= 4 is 16.1 Å². The molecule has 1 saturated heterocycles. The number of nitrogens with zero attached hydrogens (tertiary/aromatic N) is 1. The van der Waals surface area contributed by atoms with Crippen LogP contribution in [-0.2, 0) is 10.0 Å². The van der Waals surface area contributed by atoms with Crippen molar-refractivity contribution in [1.82, 2.24) is 9.62 Å². The molecule has 0 radical (unpaired) electrons. The SMILES string of the molecule is COc1ccc(S(=O)(=O)NCC2CCN(C(=O)Oc3ccccc3)CC2)cc1. The zero-order valence-corrected chi connectivity index (χ0v) is 16.5. The number of likely N-dealkylation sites (tertiary alicyclic amines) is 1. The molecule has 1 N–H and O–H groups in total. The second-order valence-corrected chi connectivity index (χ2v) is 8.41. The molecule has 7 nitrogen and oxygen atoms in total. The second kappa shape index (κ2) is 9.07. The average molecular weight is 404 g/mol. The van der Waals surface area contributed by atoms with Crippen LogP contribution in [-0.4, -0.2) is 46.2 Å². The summed E-state index contributed by atoms with van der Waals surface area (Å²) in [6.07, 6.45) is 1.06. The maximum Gasteiger partial charge on any atom is 0.415 e. The quantitative estimate of drug-likeness (QED) is 0.800. The third-order valence-corrected chi connectivity index (χ3v) is 6.19. The van der Waals surface area contributed by atoms with Gasteiger partial charge in [-0.2, -0.15) is 0 Å². The molecule has 0 aliphatic carbocycles. The highest BCUT2D eigenvalue weighted by atomic mass is 32.2. The molecule has 3 rings (SSSR count). The monoisotopic (exact) mass is 404 g/mol. The Hall–Kier alpha value is -2.58. The van der Waals surface area contributed by atoms with E-state index >= 15 is 0 Å². The molecule has 150 valence electrons. The van der Waals surface area contributed by atoms with Crippen molar-refractivity contribution in [3.63, 3.8) is 0 Å². The van der Waals surface area contributed by atoms with E-state index in [-0.39, 0.29) is 16.9 Å². The fourth-order valence-electron chi connectivity index (χ4n) is 3.04. The lowest BCUT2D eigenvalue weighted by Gasteiger charge is -2.31. The Bertz CT molecular complexity index is 877. The van der Waals surface area contributed by atoms with Crippen molar-refractivity contribution < 1.29 is 22.7 Å². The summed E-state index contributed by atoms with van der Waals surface area (Å²) in [4.78, 5) is 14.1. The summed E-state index contributed by atoms with van der Waals surface area (Å²) in [7, 11) is -2.03. The molecule has 0 saturated carbocycles. The summed E-state index contributed by atoms with van der Waals surface area (Å²) in [5.74, 6) is 1.30. The first-order chi connectivity index (χ1) is 13.5. The number of para-hydroxylation sites is 1. The molecule has 1 fully saturated rings. The molecular weight excluding hydrogens is 380 g/mol. The topological polar surface area (TPSA) is 84.9 Å². The molecule has 0 aromatic heterocycles. The predicted molar refractivity (Wildman–Crippen MR) is 105 cm³/mol. The Morgan fingerprint density at radius 2 is 1.68 bits per heavy atom. The van der Waals surface area contributed by atoms with Gasteiger partial charge in [-0.3, -0.25) is 0 Å². The molecule has 28 heavy (non-hydrogen) atoms. The first kappa shape index (κ1) is 20.2. The van der Waals surface area contributed by atoms with Crippen LogP contribution in [0.4, 0.5) is 4.79 Å². The van der Waals surface area contributed by atoms with Crippen molar-refractivity contribution in [1.29, 1.82) is 0 Å². The molecule has 0 bridgehead atoms. The zero-order valence-electron chi connectivity index (χ0n) is 15.7. The van der Waals surface area contributed by atoms with Gasteiger partial charge in [-0.1, -0.05) is 18.2 Å². The molecule has 1 aliphatic heterocycles. The maximum absolute atomic E-state index is 12.4. The number of methoxy groups -OCH3 is 1. The molecule has 1 amide bonds. The van der Waals surface area contributed by atoms with Gasteiger partial charge in [0, 0.05) is 19.6 Å². The minimum absolute atomic E-state index is 0.175. The van der Waals surface area contributed by atoms with Crippen LogP contribution in [0.5, 0.6) is 11.5 Å². The van der Waals surface area contributed by atoms with E-state index in [2.05, 4.69) is 4.72 Å². The summed E-state index contributed by atoms with van der Waals surface area (Å²) in [6.45, 7) is 1.43. The van der Waals surface area contributed by atoms with E-state index in [0.717, 1.165) is 12.8 Å². The van der Waals surface area contributed by atoms with Gasteiger partial charge >= 0.3 is 6.09 Å². The summed E-state index contributed by atoms with van der Waals surface area (Å²) < 4.78 is 37.9. The smallest absolute Gasteiger partial charge is 0.415 e. The molecule has 1 aliphatic rings. The normalized spacial score (nSPS) is 15.2. The summed E-state index contributed by atoms with van der Waals surface area (Å²) in [6, 6.07) is 15.2. The van der Waals surface area contributed by atoms with Crippen molar-refractivity contribution in [3.8, 4) is 11.5 Å². The Kier molecular flexibility index (Phi) is 6.53. The molecule has 0 atom stereocenters. The zero-order chi connectivity index (χ0) is 20.0. The number of benzene rings is 2.